The fraction of sp³-hybridized carbons (Fsp3) is 0.300. The molecule has 1 fully saturated rings. The Kier molecular flexibility index (Phi) is 3.99. The van der Waals surface area contributed by atoms with Crippen LogP contribution in [0.3, 0.4) is 0 Å². The highest BCUT2D eigenvalue weighted by Crippen LogP contribution is 2.46. The van der Waals surface area contributed by atoms with Gasteiger partial charge >= 0.3 is 0 Å². The first-order valence-electron chi connectivity index (χ1n) is 8.54. The fourth-order valence-electron chi connectivity index (χ4n) is 3.60. The van der Waals surface area contributed by atoms with Crippen LogP contribution in [-0.2, 0) is 9.59 Å². The second-order valence-corrected chi connectivity index (χ2v) is 6.77. The van der Waals surface area contributed by atoms with Crippen molar-refractivity contribution in [1.82, 2.24) is 5.32 Å². The summed E-state index contributed by atoms with van der Waals surface area (Å²) in [5.41, 5.74) is 2.08. The number of carbonyl (C=O) groups excluding carboxylic acids is 2. The third kappa shape index (κ3) is 3.14. The summed E-state index contributed by atoms with van der Waals surface area (Å²) >= 11 is 0. The molecule has 2 aromatic carbocycles. The molecule has 5 heteroatoms. The van der Waals surface area contributed by atoms with Crippen LogP contribution in [0.25, 0.3) is 0 Å². The molecule has 1 unspecified atom stereocenters. The monoisotopic (exact) mass is 338 g/mol. The molecule has 2 N–H and O–H groups in total. The number of amides is 2. The normalized spacial score (nSPS) is 23.7. The van der Waals surface area contributed by atoms with E-state index >= 15 is 0 Å². The minimum atomic E-state index is -0.616. The quantitative estimate of drug-likeness (QED) is 0.880. The molecule has 2 aromatic rings. The Labute approximate surface area is 145 Å². The van der Waals surface area contributed by atoms with Crippen molar-refractivity contribution < 1.29 is 14.0 Å². The van der Waals surface area contributed by atoms with Crippen LogP contribution in [0.15, 0.2) is 48.5 Å². The number of para-hydroxylation sites is 1. The highest BCUT2D eigenvalue weighted by molar-refractivity contribution is 6.05. The zero-order valence-corrected chi connectivity index (χ0v) is 13.7. The average molecular weight is 338 g/mol. The van der Waals surface area contributed by atoms with E-state index in [0.29, 0.717) is 23.9 Å². The zero-order chi connectivity index (χ0) is 17.4. The van der Waals surface area contributed by atoms with Gasteiger partial charge in [0.15, 0.2) is 0 Å². The molecular formula is C20H19FN2O2. The van der Waals surface area contributed by atoms with Gasteiger partial charge in [0.2, 0.25) is 11.8 Å². The van der Waals surface area contributed by atoms with Gasteiger partial charge in [-0.15, -0.1) is 0 Å². The summed E-state index contributed by atoms with van der Waals surface area (Å²) in [6.07, 6.45) is 1.12. The molecule has 0 radical (unpaired) electrons. The van der Waals surface area contributed by atoms with E-state index in [2.05, 4.69) is 22.8 Å². The van der Waals surface area contributed by atoms with E-state index in [9.17, 15) is 14.0 Å². The van der Waals surface area contributed by atoms with Crippen LogP contribution in [0.1, 0.15) is 35.8 Å². The molecular weight excluding hydrogens is 319 g/mol. The molecule has 3 atom stereocenters. The summed E-state index contributed by atoms with van der Waals surface area (Å²) in [7, 11) is 0. The van der Waals surface area contributed by atoms with Crippen LogP contribution in [0, 0.1) is 11.7 Å². The van der Waals surface area contributed by atoms with Crippen molar-refractivity contribution in [2.24, 2.45) is 5.92 Å². The van der Waals surface area contributed by atoms with Crippen LogP contribution in [0.4, 0.5) is 10.1 Å². The van der Waals surface area contributed by atoms with Crippen molar-refractivity contribution in [1.29, 1.82) is 0 Å². The van der Waals surface area contributed by atoms with Crippen molar-refractivity contribution in [2.45, 2.75) is 24.7 Å². The van der Waals surface area contributed by atoms with Crippen molar-refractivity contribution in [3.8, 4) is 0 Å². The molecule has 2 amide bonds. The number of halogens is 1. The maximum absolute atomic E-state index is 13.7. The van der Waals surface area contributed by atoms with Gasteiger partial charge in [-0.25, -0.2) is 4.39 Å². The first-order chi connectivity index (χ1) is 12.1. The molecule has 1 aliphatic carbocycles. The van der Waals surface area contributed by atoms with Gasteiger partial charge in [-0.2, -0.15) is 0 Å². The third-order valence-corrected chi connectivity index (χ3v) is 5.09. The predicted octanol–water partition coefficient (Wildman–Crippen LogP) is 3.17. The van der Waals surface area contributed by atoms with Gasteiger partial charge in [0.05, 0.1) is 11.6 Å². The van der Waals surface area contributed by atoms with E-state index in [1.165, 1.54) is 11.6 Å². The number of anilines is 1. The summed E-state index contributed by atoms with van der Waals surface area (Å²) in [5, 5.41) is 5.46. The van der Waals surface area contributed by atoms with E-state index in [1.54, 1.807) is 12.1 Å². The van der Waals surface area contributed by atoms with E-state index in [-0.39, 0.29) is 23.9 Å². The van der Waals surface area contributed by atoms with E-state index in [0.717, 1.165) is 6.42 Å². The Hall–Kier alpha value is -2.69. The molecule has 1 heterocycles. The minimum Gasteiger partial charge on any atom is -0.356 e. The average Bonchev–Trinajstić information content (AvgIpc) is 3.33. The number of hydrogen-bond acceptors (Lipinski definition) is 2. The smallest absolute Gasteiger partial charge is 0.232 e. The summed E-state index contributed by atoms with van der Waals surface area (Å²) in [6.45, 7) is 0.614. The maximum Gasteiger partial charge on any atom is 0.232 e. The molecule has 0 saturated heterocycles. The van der Waals surface area contributed by atoms with Crippen LogP contribution in [0.2, 0.25) is 0 Å². The lowest BCUT2D eigenvalue weighted by Gasteiger charge is -2.09. The number of nitrogens with one attached hydrogen (secondary N) is 2. The summed E-state index contributed by atoms with van der Waals surface area (Å²) in [4.78, 5) is 24.3. The number of carbonyl (C=O) groups is 2. The first-order valence-corrected chi connectivity index (χ1v) is 8.54. The van der Waals surface area contributed by atoms with Gasteiger partial charge in [-0.3, -0.25) is 9.59 Å². The van der Waals surface area contributed by atoms with E-state index < -0.39 is 11.7 Å². The Bertz CT molecular complexity index is 822. The summed E-state index contributed by atoms with van der Waals surface area (Å²) < 4.78 is 13.7. The van der Waals surface area contributed by atoms with Crippen LogP contribution in [0.5, 0.6) is 0 Å². The highest BCUT2D eigenvalue weighted by Gasteiger charge is 2.39. The topological polar surface area (TPSA) is 58.2 Å². The highest BCUT2D eigenvalue weighted by atomic mass is 19.1. The van der Waals surface area contributed by atoms with Gasteiger partial charge in [0, 0.05) is 13.0 Å². The minimum absolute atomic E-state index is 0.0466. The van der Waals surface area contributed by atoms with Gasteiger partial charge in [-0.1, -0.05) is 42.5 Å². The Morgan fingerprint density at radius 1 is 1.16 bits per heavy atom. The number of rotatable bonds is 5. The van der Waals surface area contributed by atoms with Gasteiger partial charge in [-0.05, 0) is 35.4 Å². The fourth-order valence-corrected chi connectivity index (χ4v) is 3.60. The molecule has 128 valence electrons. The maximum atomic E-state index is 13.7. The lowest BCUT2D eigenvalue weighted by atomic mass is 9.97. The second-order valence-electron chi connectivity index (χ2n) is 6.77. The first kappa shape index (κ1) is 15.8. The van der Waals surface area contributed by atoms with Crippen molar-refractivity contribution in [3.05, 3.63) is 65.5 Å². The second kappa shape index (κ2) is 6.31. The van der Waals surface area contributed by atoms with Crippen LogP contribution >= 0.6 is 0 Å². The SMILES string of the molecule is O=C(CC1C(=O)Nc2c(F)cccc21)NC[C@H]1C[C@@H]1c1ccccc1. The largest absolute Gasteiger partial charge is 0.356 e. The van der Waals surface area contributed by atoms with Gasteiger partial charge < -0.3 is 10.6 Å². The van der Waals surface area contributed by atoms with Crippen molar-refractivity contribution >= 4 is 17.5 Å². The van der Waals surface area contributed by atoms with Crippen molar-refractivity contribution in [2.75, 3.05) is 11.9 Å². The van der Waals surface area contributed by atoms with Gasteiger partial charge in [0.1, 0.15) is 5.82 Å². The molecule has 0 spiro atoms. The molecule has 4 nitrogen and oxygen atoms in total. The standard InChI is InChI=1S/C20H19FN2O2/c21-17-8-4-7-14-16(20(25)23-19(14)17)10-18(24)22-11-13-9-15(13)12-5-2-1-3-6-12/h1-8,13,15-16H,9-11H2,(H,22,24)(H,23,25)/t13-,15-,16?/m1/s1. The third-order valence-electron chi connectivity index (χ3n) is 5.09. The molecule has 0 aromatic heterocycles. The molecule has 1 saturated carbocycles. The van der Waals surface area contributed by atoms with E-state index in [1.807, 2.05) is 18.2 Å². The number of benzene rings is 2. The molecule has 4 rings (SSSR count). The zero-order valence-electron chi connectivity index (χ0n) is 13.7. The summed E-state index contributed by atoms with van der Waals surface area (Å²) in [6, 6.07) is 14.8. The number of hydrogen-bond donors (Lipinski definition) is 2. The summed E-state index contributed by atoms with van der Waals surface area (Å²) in [5.74, 6) is -0.605. The molecule has 1 aliphatic heterocycles. The lowest BCUT2D eigenvalue weighted by molar-refractivity contribution is -0.125. The van der Waals surface area contributed by atoms with Crippen molar-refractivity contribution in [3.63, 3.8) is 0 Å². The Morgan fingerprint density at radius 3 is 2.76 bits per heavy atom. The molecule has 25 heavy (non-hydrogen) atoms. The Balaban J connectivity index is 1.32. The van der Waals surface area contributed by atoms with Crippen LogP contribution in [-0.4, -0.2) is 18.4 Å². The van der Waals surface area contributed by atoms with Crippen LogP contribution < -0.4 is 10.6 Å². The Morgan fingerprint density at radius 2 is 1.96 bits per heavy atom. The lowest BCUT2D eigenvalue weighted by Crippen LogP contribution is -2.29. The van der Waals surface area contributed by atoms with Gasteiger partial charge in [0.25, 0.3) is 0 Å². The van der Waals surface area contributed by atoms with E-state index in [4.69, 9.17) is 0 Å². The molecule has 0 bridgehead atoms. The molecule has 2 aliphatic rings. The number of fused-ring (bicyclic) bond motifs is 1. The predicted molar refractivity (Wildman–Crippen MR) is 92.7 cm³/mol.